The molecular weight excluding hydrogens is 366 g/mol. The fourth-order valence-electron chi connectivity index (χ4n) is 3.60. The number of nitrogens with one attached hydrogen (secondary N) is 2. The van der Waals surface area contributed by atoms with Crippen LogP contribution in [0.15, 0.2) is 48.5 Å². The maximum Gasteiger partial charge on any atom is 0.319 e. The van der Waals surface area contributed by atoms with E-state index in [9.17, 15) is 9.59 Å². The number of piperidine rings is 1. The maximum atomic E-state index is 12.3. The van der Waals surface area contributed by atoms with E-state index < -0.39 is 0 Å². The second kappa shape index (κ2) is 9.96. The van der Waals surface area contributed by atoms with Crippen LogP contribution < -0.4 is 15.4 Å². The number of carbonyl (C=O) groups excluding carboxylic acids is 2. The Bertz CT molecular complexity index is 810. The van der Waals surface area contributed by atoms with E-state index in [4.69, 9.17) is 4.74 Å². The van der Waals surface area contributed by atoms with E-state index in [2.05, 4.69) is 16.7 Å². The zero-order chi connectivity index (χ0) is 20.6. The number of urea groups is 1. The Hall–Kier alpha value is -3.02. The number of hydrogen-bond donors (Lipinski definition) is 2. The van der Waals surface area contributed by atoms with Gasteiger partial charge >= 0.3 is 6.03 Å². The molecule has 1 fully saturated rings. The van der Waals surface area contributed by atoms with Crippen LogP contribution in [-0.4, -0.2) is 43.1 Å². The van der Waals surface area contributed by atoms with Gasteiger partial charge in [-0.1, -0.05) is 24.3 Å². The third kappa shape index (κ3) is 6.52. The molecule has 1 heterocycles. The van der Waals surface area contributed by atoms with Crippen molar-refractivity contribution in [3.05, 3.63) is 59.7 Å². The van der Waals surface area contributed by atoms with E-state index in [1.165, 1.54) is 0 Å². The van der Waals surface area contributed by atoms with Crippen LogP contribution >= 0.6 is 0 Å². The summed E-state index contributed by atoms with van der Waals surface area (Å²) in [7, 11) is 0. The molecule has 0 aliphatic carbocycles. The first kappa shape index (κ1) is 20.7. The summed E-state index contributed by atoms with van der Waals surface area (Å²) in [6.45, 7) is 6.08. The first-order valence-electron chi connectivity index (χ1n) is 10.1. The summed E-state index contributed by atoms with van der Waals surface area (Å²) < 4.78 is 5.54. The second-order valence-corrected chi connectivity index (χ2v) is 7.64. The van der Waals surface area contributed by atoms with Gasteiger partial charge in [-0.25, -0.2) is 4.79 Å². The molecule has 0 radical (unpaired) electrons. The molecule has 0 atom stereocenters. The Morgan fingerprint density at radius 3 is 2.34 bits per heavy atom. The van der Waals surface area contributed by atoms with E-state index >= 15 is 0 Å². The summed E-state index contributed by atoms with van der Waals surface area (Å²) in [6, 6.07) is 15.2. The Morgan fingerprint density at radius 2 is 1.69 bits per heavy atom. The Labute approximate surface area is 172 Å². The first-order valence-corrected chi connectivity index (χ1v) is 10.1. The van der Waals surface area contributed by atoms with E-state index in [1.54, 1.807) is 0 Å². The predicted octanol–water partition coefficient (Wildman–Crippen LogP) is 3.74. The molecular formula is C23H29N3O3. The zero-order valence-electron chi connectivity index (χ0n) is 17.1. The van der Waals surface area contributed by atoms with Crippen molar-refractivity contribution in [2.24, 2.45) is 5.92 Å². The number of anilines is 1. The number of carbonyl (C=O) groups is 2. The van der Waals surface area contributed by atoms with E-state index in [-0.39, 0.29) is 18.5 Å². The number of rotatable bonds is 6. The van der Waals surface area contributed by atoms with Gasteiger partial charge in [0.05, 0.1) is 0 Å². The predicted molar refractivity (Wildman–Crippen MR) is 114 cm³/mol. The van der Waals surface area contributed by atoms with Crippen LogP contribution in [-0.2, 0) is 4.79 Å². The quantitative estimate of drug-likeness (QED) is 0.783. The molecule has 1 aliphatic rings. The molecule has 3 amide bonds. The number of benzene rings is 2. The highest BCUT2D eigenvalue weighted by Gasteiger charge is 2.23. The molecule has 6 heteroatoms. The standard InChI is InChI=1S/C23H29N3O3/c1-17-12-18(2)14-20(13-17)25-23(28)24-15-19-8-10-26(11-9-19)22(27)16-29-21-6-4-3-5-7-21/h3-7,12-14,19H,8-11,15-16H2,1-2H3,(H2,24,25,28). The van der Waals surface area contributed by atoms with Crippen molar-refractivity contribution >= 4 is 17.6 Å². The minimum absolute atomic E-state index is 0.00724. The van der Waals surface area contributed by atoms with Crippen LogP contribution in [0.25, 0.3) is 0 Å². The normalized spacial score (nSPS) is 14.3. The SMILES string of the molecule is Cc1cc(C)cc(NC(=O)NCC2CCN(C(=O)COc3ccccc3)CC2)c1. The Kier molecular flexibility index (Phi) is 7.11. The first-order chi connectivity index (χ1) is 14.0. The third-order valence-electron chi connectivity index (χ3n) is 5.10. The van der Waals surface area contributed by atoms with Crippen molar-refractivity contribution in [1.29, 1.82) is 0 Å². The molecule has 0 unspecified atom stereocenters. The van der Waals surface area contributed by atoms with Crippen molar-refractivity contribution in [2.45, 2.75) is 26.7 Å². The van der Waals surface area contributed by atoms with E-state index in [0.717, 1.165) is 29.7 Å². The lowest BCUT2D eigenvalue weighted by atomic mass is 9.97. The van der Waals surface area contributed by atoms with Gasteiger partial charge in [-0.3, -0.25) is 4.79 Å². The number of aryl methyl sites for hydroxylation is 2. The molecule has 0 saturated carbocycles. The van der Waals surface area contributed by atoms with Crippen LogP contribution in [0.3, 0.4) is 0 Å². The molecule has 2 aromatic carbocycles. The van der Waals surface area contributed by atoms with Crippen LogP contribution in [0.5, 0.6) is 5.75 Å². The van der Waals surface area contributed by atoms with Crippen LogP contribution in [0.4, 0.5) is 10.5 Å². The molecule has 29 heavy (non-hydrogen) atoms. The summed E-state index contributed by atoms with van der Waals surface area (Å²) in [4.78, 5) is 26.3. The van der Waals surface area contributed by atoms with Gasteiger partial charge in [0.1, 0.15) is 5.75 Å². The summed E-state index contributed by atoms with van der Waals surface area (Å²) in [5.41, 5.74) is 3.04. The van der Waals surface area contributed by atoms with Crippen LogP contribution in [0, 0.1) is 19.8 Å². The lowest BCUT2D eigenvalue weighted by Crippen LogP contribution is -2.43. The largest absolute Gasteiger partial charge is 0.484 e. The van der Waals surface area contributed by atoms with E-state index in [0.29, 0.717) is 31.3 Å². The number of ether oxygens (including phenoxy) is 1. The number of hydrogen-bond acceptors (Lipinski definition) is 3. The van der Waals surface area contributed by atoms with E-state index in [1.807, 2.05) is 61.2 Å². The van der Waals surface area contributed by atoms with Crippen molar-refractivity contribution in [3.8, 4) is 5.75 Å². The molecule has 0 bridgehead atoms. The highest BCUT2D eigenvalue weighted by Crippen LogP contribution is 2.18. The topological polar surface area (TPSA) is 70.7 Å². The average Bonchev–Trinajstić information content (AvgIpc) is 2.71. The van der Waals surface area contributed by atoms with Gasteiger partial charge in [-0.15, -0.1) is 0 Å². The summed E-state index contributed by atoms with van der Waals surface area (Å²) >= 11 is 0. The third-order valence-corrected chi connectivity index (χ3v) is 5.10. The summed E-state index contributed by atoms with van der Waals surface area (Å²) in [6.07, 6.45) is 1.75. The minimum atomic E-state index is -0.190. The average molecular weight is 396 g/mol. The van der Waals surface area contributed by atoms with Gasteiger partial charge in [0, 0.05) is 25.3 Å². The molecule has 1 aliphatic heterocycles. The maximum absolute atomic E-state index is 12.3. The molecule has 154 valence electrons. The lowest BCUT2D eigenvalue weighted by Gasteiger charge is -2.32. The van der Waals surface area contributed by atoms with Gasteiger partial charge < -0.3 is 20.3 Å². The molecule has 1 saturated heterocycles. The summed E-state index contributed by atoms with van der Waals surface area (Å²) in [5.74, 6) is 1.08. The van der Waals surface area contributed by atoms with Gasteiger partial charge in [0.2, 0.25) is 0 Å². The molecule has 6 nitrogen and oxygen atoms in total. The van der Waals surface area contributed by atoms with Crippen LogP contribution in [0.1, 0.15) is 24.0 Å². The zero-order valence-corrected chi connectivity index (χ0v) is 17.1. The van der Waals surface area contributed by atoms with Gasteiger partial charge in [-0.2, -0.15) is 0 Å². The monoisotopic (exact) mass is 395 g/mol. The van der Waals surface area contributed by atoms with Crippen molar-refractivity contribution < 1.29 is 14.3 Å². The number of para-hydroxylation sites is 1. The number of nitrogens with zero attached hydrogens (tertiary/aromatic N) is 1. The molecule has 0 aromatic heterocycles. The van der Waals surface area contributed by atoms with Crippen molar-refractivity contribution in [3.63, 3.8) is 0 Å². The highest BCUT2D eigenvalue weighted by molar-refractivity contribution is 5.89. The molecule has 3 rings (SSSR count). The van der Waals surface area contributed by atoms with Gasteiger partial charge in [-0.05, 0) is 68.0 Å². The Balaban J connectivity index is 1.36. The molecule has 2 aromatic rings. The fourth-order valence-corrected chi connectivity index (χ4v) is 3.60. The van der Waals surface area contributed by atoms with Crippen molar-refractivity contribution in [1.82, 2.24) is 10.2 Å². The highest BCUT2D eigenvalue weighted by atomic mass is 16.5. The molecule has 2 N–H and O–H groups in total. The number of likely N-dealkylation sites (tertiary alicyclic amines) is 1. The van der Waals surface area contributed by atoms with Gasteiger partial charge in [0.25, 0.3) is 5.91 Å². The Morgan fingerprint density at radius 1 is 1.03 bits per heavy atom. The van der Waals surface area contributed by atoms with Crippen molar-refractivity contribution in [2.75, 3.05) is 31.6 Å². The summed E-state index contributed by atoms with van der Waals surface area (Å²) in [5, 5.41) is 5.84. The minimum Gasteiger partial charge on any atom is -0.484 e. The lowest BCUT2D eigenvalue weighted by molar-refractivity contribution is -0.134. The smallest absolute Gasteiger partial charge is 0.319 e. The van der Waals surface area contributed by atoms with Gasteiger partial charge in [0.15, 0.2) is 6.61 Å². The second-order valence-electron chi connectivity index (χ2n) is 7.64. The van der Waals surface area contributed by atoms with Crippen LogP contribution in [0.2, 0.25) is 0 Å². The molecule has 0 spiro atoms. The fraction of sp³-hybridized carbons (Fsp3) is 0.391. The number of amides is 3.